The summed E-state index contributed by atoms with van der Waals surface area (Å²) in [4.78, 5) is 12.2. The van der Waals surface area contributed by atoms with E-state index >= 15 is 0 Å². The monoisotopic (exact) mass is 286 g/mol. The Morgan fingerprint density at radius 1 is 1.24 bits per heavy atom. The van der Waals surface area contributed by atoms with Crippen LogP contribution in [0.5, 0.6) is 11.5 Å². The van der Waals surface area contributed by atoms with Crippen molar-refractivity contribution in [2.45, 2.75) is 18.9 Å². The van der Waals surface area contributed by atoms with Crippen molar-refractivity contribution in [2.24, 2.45) is 0 Å². The minimum Gasteiger partial charge on any atom is -0.461 e. The lowest BCUT2D eigenvalue weighted by Crippen LogP contribution is -2.19. The topological polar surface area (TPSA) is 57.9 Å². The molecule has 0 aliphatic carbocycles. The van der Waals surface area contributed by atoms with E-state index < -0.39 is 0 Å². The maximum absolute atomic E-state index is 12.2. The zero-order chi connectivity index (χ0) is 14.2. The molecule has 5 heteroatoms. The smallest absolute Gasteiger partial charge is 0.231 e. The Balaban J connectivity index is 1.62. The first kappa shape index (κ1) is 12.5. The molecule has 0 N–H and O–H groups in total. The highest BCUT2D eigenvalue weighted by molar-refractivity contribution is 5.93. The van der Waals surface area contributed by atoms with Gasteiger partial charge < -0.3 is 18.6 Å². The molecule has 1 aromatic heterocycles. The van der Waals surface area contributed by atoms with Crippen LogP contribution in [0.4, 0.5) is 0 Å². The standard InChI is InChI=1S/C16H14O5/c17-12(13-2-1-4-18-13)8-14-11-7-16-15(20-9-21-16)6-10(11)3-5-19-14/h1-2,4,6-7,14H,3,5,8-9H2/t14-/m1/s1. The van der Waals surface area contributed by atoms with Gasteiger partial charge in [0.05, 0.1) is 19.0 Å². The zero-order valence-electron chi connectivity index (χ0n) is 11.3. The second kappa shape index (κ2) is 4.93. The number of ketones is 1. The lowest BCUT2D eigenvalue weighted by Gasteiger charge is -2.25. The molecule has 4 rings (SSSR count). The fraction of sp³-hybridized carbons (Fsp3) is 0.312. The summed E-state index contributed by atoms with van der Waals surface area (Å²) in [7, 11) is 0. The molecule has 0 amide bonds. The number of fused-ring (bicyclic) bond motifs is 2. The molecule has 2 aliphatic heterocycles. The third-order valence-electron chi connectivity index (χ3n) is 3.84. The van der Waals surface area contributed by atoms with Crippen LogP contribution < -0.4 is 9.47 Å². The lowest BCUT2D eigenvalue weighted by atomic mass is 9.93. The zero-order valence-corrected chi connectivity index (χ0v) is 11.3. The second-order valence-corrected chi connectivity index (χ2v) is 5.12. The predicted octanol–water partition coefficient (Wildman–Crippen LogP) is 2.90. The Morgan fingerprint density at radius 3 is 2.90 bits per heavy atom. The van der Waals surface area contributed by atoms with Crippen molar-refractivity contribution in [3.63, 3.8) is 0 Å². The van der Waals surface area contributed by atoms with Crippen LogP contribution >= 0.6 is 0 Å². The van der Waals surface area contributed by atoms with Crippen molar-refractivity contribution in [2.75, 3.05) is 13.4 Å². The quantitative estimate of drug-likeness (QED) is 0.812. The summed E-state index contributed by atoms with van der Waals surface area (Å²) in [5.74, 6) is 1.79. The van der Waals surface area contributed by atoms with E-state index in [9.17, 15) is 4.79 Å². The average molecular weight is 286 g/mol. The van der Waals surface area contributed by atoms with E-state index in [1.807, 2.05) is 12.1 Å². The molecule has 0 saturated heterocycles. The summed E-state index contributed by atoms with van der Waals surface area (Å²) in [6.45, 7) is 0.845. The molecule has 21 heavy (non-hydrogen) atoms. The number of hydrogen-bond acceptors (Lipinski definition) is 5. The van der Waals surface area contributed by atoms with Gasteiger partial charge >= 0.3 is 0 Å². The molecule has 0 spiro atoms. The van der Waals surface area contributed by atoms with E-state index in [1.54, 1.807) is 12.1 Å². The first-order chi connectivity index (χ1) is 10.3. The molecule has 0 saturated carbocycles. The second-order valence-electron chi connectivity index (χ2n) is 5.12. The predicted molar refractivity (Wildman–Crippen MR) is 72.6 cm³/mol. The highest BCUT2D eigenvalue weighted by Gasteiger charge is 2.28. The van der Waals surface area contributed by atoms with Crippen LogP contribution in [0.25, 0.3) is 0 Å². The molecule has 1 atom stereocenters. The van der Waals surface area contributed by atoms with E-state index in [0.717, 1.165) is 29.0 Å². The molecule has 2 aromatic rings. The molecule has 0 bridgehead atoms. The minimum atomic E-state index is -0.263. The van der Waals surface area contributed by atoms with Gasteiger partial charge in [0.2, 0.25) is 12.6 Å². The molecule has 0 unspecified atom stereocenters. The van der Waals surface area contributed by atoms with Crippen LogP contribution in [0.2, 0.25) is 0 Å². The van der Waals surface area contributed by atoms with Gasteiger partial charge in [-0.05, 0) is 41.8 Å². The Labute approximate surface area is 121 Å². The van der Waals surface area contributed by atoms with Crippen LogP contribution in [0.3, 0.4) is 0 Å². The van der Waals surface area contributed by atoms with E-state index in [-0.39, 0.29) is 25.1 Å². The van der Waals surface area contributed by atoms with Gasteiger partial charge in [-0.15, -0.1) is 0 Å². The molecular formula is C16H14O5. The van der Waals surface area contributed by atoms with Crippen LogP contribution in [-0.2, 0) is 11.2 Å². The SMILES string of the molecule is O=C(C[C@H]1OCCc2cc3c(cc21)OCO3)c1ccco1. The van der Waals surface area contributed by atoms with E-state index in [0.29, 0.717) is 12.4 Å². The number of hydrogen-bond donors (Lipinski definition) is 0. The van der Waals surface area contributed by atoms with Gasteiger partial charge in [0.1, 0.15) is 0 Å². The Bertz CT molecular complexity index is 674. The number of rotatable bonds is 3. The van der Waals surface area contributed by atoms with Gasteiger partial charge in [0, 0.05) is 6.42 Å². The normalized spacial score (nSPS) is 19.3. The van der Waals surface area contributed by atoms with Gasteiger partial charge in [0.15, 0.2) is 17.3 Å². The number of ether oxygens (including phenoxy) is 3. The number of furan rings is 1. The van der Waals surface area contributed by atoms with Crippen molar-refractivity contribution < 1.29 is 23.4 Å². The number of carbonyl (C=O) groups is 1. The van der Waals surface area contributed by atoms with Crippen molar-refractivity contribution in [3.8, 4) is 11.5 Å². The van der Waals surface area contributed by atoms with Crippen molar-refractivity contribution in [3.05, 3.63) is 47.4 Å². The van der Waals surface area contributed by atoms with Gasteiger partial charge in [-0.3, -0.25) is 4.79 Å². The molecule has 1 aromatic carbocycles. The lowest BCUT2D eigenvalue weighted by molar-refractivity contribution is 0.0342. The van der Waals surface area contributed by atoms with Crippen LogP contribution in [0.15, 0.2) is 34.9 Å². The molecule has 3 heterocycles. The summed E-state index contributed by atoms with van der Waals surface area (Å²) < 4.78 is 21.7. The Hall–Kier alpha value is -2.27. The van der Waals surface area contributed by atoms with Crippen molar-refractivity contribution in [1.82, 2.24) is 0 Å². The van der Waals surface area contributed by atoms with Gasteiger partial charge in [0.25, 0.3) is 0 Å². The third kappa shape index (κ3) is 2.19. The summed E-state index contributed by atoms with van der Waals surface area (Å²) in [5, 5.41) is 0. The first-order valence-electron chi connectivity index (χ1n) is 6.92. The van der Waals surface area contributed by atoms with Crippen LogP contribution in [0, 0.1) is 0 Å². The molecular weight excluding hydrogens is 272 g/mol. The summed E-state index contributed by atoms with van der Waals surface area (Å²) in [5.41, 5.74) is 2.16. The summed E-state index contributed by atoms with van der Waals surface area (Å²) >= 11 is 0. The highest BCUT2D eigenvalue weighted by Crippen LogP contribution is 2.40. The molecule has 0 fully saturated rings. The van der Waals surface area contributed by atoms with Crippen LogP contribution in [-0.4, -0.2) is 19.2 Å². The third-order valence-corrected chi connectivity index (χ3v) is 3.84. The van der Waals surface area contributed by atoms with E-state index in [2.05, 4.69) is 0 Å². The first-order valence-corrected chi connectivity index (χ1v) is 6.92. The number of benzene rings is 1. The largest absolute Gasteiger partial charge is 0.461 e. The van der Waals surface area contributed by atoms with Gasteiger partial charge in [-0.25, -0.2) is 0 Å². The maximum Gasteiger partial charge on any atom is 0.231 e. The molecule has 108 valence electrons. The average Bonchev–Trinajstić information content (AvgIpc) is 3.16. The van der Waals surface area contributed by atoms with Crippen molar-refractivity contribution in [1.29, 1.82) is 0 Å². The van der Waals surface area contributed by atoms with Crippen molar-refractivity contribution >= 4 is 5.78 Å². The van der Waals surface area contributed by atoms with E-state index in [4.69, 9.17) is 18.6 Å². The minimum absolute atomic E-state index is 0.0597. The summed E-state index contributed by atoms with van der Waals surface area (Å²) in [6.07, 6.45) is 2.32. The highest BCUT2D eigenvalue weighted by atomic mass is 16.7. The molecule has 0 radical (unpaired) electrons. The van der Waals surface area contributed by atoms with Crippen LogP contribution in [0.1, 0.15) is 34.2 Å². The van der Waals surface area contributed by atoms with E-state index in [1.165, 1.54) is 6.26 Å². The number of Topliss-reactive ketones (excluding diaryl/α,β-unsaturated/α-hetero) is 1. The fourth-order valence-corrected chi connectivity index (χ4v) is 2.79. The molecule has 2 aliphatic rings. The fourth-order valence-electron chi connectivity index (χ4n) is 2.79. The summed E-state index contributed by atoms with van der Waals surface area (Å²) in [6, 6.07) is 7.30. The molecule has 5 nitrogen and oxygen atoms in total. The maximum atomic E-state index is 12.2. The van der Waals surface area contributed by atoms with Gasteiger partial charge in [-0.2, -0.15) is 0 Å². The Morgan fingerprint density at radius 2 is 2.10 bits per heavy atom. The number of carbonyl (C=O) groups excluding carboxylic acids is 1. The Kier molecular flexibility index (Phi) is 2.93. The van der Waals surface area contributed by atoms with Gasteiger partial charge in [-0.1, -0.05) is 0 Å².